The molecule has 0 aliphatic carbocycles. The minimum atomic E-state index is 0.253. The quantitative estimate of drug-likeness (QED) is 0.610. The Hall–Kier alpha value is -3.47. The minimum Gasteiger partial charge on any atom is -0.228 e. The lowest BCUT2D eigenvalue weighted by atomic mass is 10.0. The highest BCUT2D eigenvalue weighted by molar-refractivity contribution is 6.00. The molecule has 5 nitrogen and oxygen atoms in total. The van der Waals surface area contributed by atoms with Crippen LogP contribution in [0.3, 0.4) is 0 Å². The number of allylic oxidation sites excluding steroid dienone is 1. The zero-order chi connectivity index (χ0) is 18.5. The SMILES string of the molecule is C=Nc1nc(N=C(C)c2ccc(C(=C)C)cc2)nc(-c2ccccc2)n1. The molecule has 0 fully saturated rings. The highest BCUT2D eigenvalue weighted by Crippen LogP contribution is 2.21. The molecule has 0 aliphatic heterocycles. The van der Waals surface area contributed by atoms with Crippen molar-refractivity contribution in [2.45, 2.75) is 13.8 Å². The summed E-state index contributed by atoms with van der Waals surface area (Å²) in [6.07, 6.45) is 0. The number of aliphatic imine (C=N–C) groups is 2. The van der Waals surface area contributed by atoms with Crippen LogP contribution < -0.4 is 0 Å². The van der Waals surface area contributed by atoms with Crippen LogP contribution in [0.4, 0.5) is 11.9 Å². The van der Waals surface area contributed by atoms with Crippen molar-refractivity contribution in [1.82, 2.24) is 15.0 Å². The minimum absolute atomic E-state index is 0.253. The molecule has 0 unspecified atom stereocenters. The predicted octanol–water partition coefficient (Wildman–Crippen LogP) is 5.04. The van der Waals surface area contributed by atoms with Gasteiger partial charge in [-0.2, -0.15) is 15.0 Å². The van der Waals surface area contributed by atoms with Gasteiger partial charge in [0.15, 0.2) is 5.82 Å². The van der Waals surface area contributed by atoms with E-state index in [1.54, 1.807) is 0 Å². The summed E-state index contributed by atoms with van der Waals surface area (Å²) < 4.78 is 0. The molecule has 3 rings (SSSR count). The molecule has 0 N–H and O–H groups in total. The summed E-state index contributed by atoms with van der Waals surface area (Å²) in [6.45, 7) is 11.4. The van der Waals surface area contributed by atoms with Crippen molar-refractivity contribution in [3.63, 3.8) is 0 Å². The van der Waals surface area contributed by atoms with Crippen molar-refractivity contribution in [2.75, 3.05) is 0 Å². The van der Waals surface area contributed by atoms with E-state index in [0.717, 1.165) is 28.0 Å². The monoisotopic (exact) mass is 341 g/mol. The molecule has 0 radical (unpaired) electrons. The van der Waals surface area contributed by atoms with Crippen LogP contribution >= 0.6 is 0 Å². The average molecular weight is 341 g/mol. The van der Waals surface area contributed by atoms with Crippen molar-refractivity contribution in [3.8, 4) is 11.4 Å². The van der Waals surface area contributed by atoms with Crippen LogP contribution in [0.15, 0.2) is 71.2 Å². The maximum atomic E-state index is 4.54. The van der Waals surface area contributed by atoms with Crippen LogP contribution in [0.25, 0.3) is 17.0 Å². The average Bonchev–Trinajstić information content (AvgIpc) is 2.68. The van der Waals surface area contributed by atoms with Crippen LogP contribution in [0.5, 0.6) is 0 Å². The van der Waals surface area contributed by atoms with E-state index in [-0.39, 0.29) is 5.95 Å². The predicted molar refractivity (Wildman–Crippen MR) is 107 cm³/mol. The van der Waals surface area contributed by atoms with E-state index in [9.17, 15) is 0 Å². The van der Waals surface area contributed by atoms with E-state index in [0.29, 0.717) is 11.8 Å². The van der Waals surface area contributed by atoms with Crippen LogP contribution in [0, 0.1) is 0 Å². The molecule has 0 aliphatic rings. The Morgan fingerprint density at radius 2 is 1.42 bits per heavy atom. The molecule has 26 heavy (non-hydrogen) atoms. The van der Waals surface area contributed by atoms with Gasteiger partial charge in [0, 0.05) is 11.3 Å². The van der Waals surface area contributed by atoms with Gasteiger partial charge in [0.2, 0.25) is 0 Å². The lowest BCUT2D eigenvalue weighted by Gasteiger charge is -2.05. The second-order valence-electron chi connectivity index (χ2n) is 5.84. The van der Waals surface area contributed by atoms with Gasteiger partial charge in [0.05, 0.1) is 0 Å². The highest BCUT2D eigenvalue weighted by atomic mass is 15.2. The first kappa shape index (κ1) is 17.4. The van der Waals surface area contributed by atoms with Crippen molar-refractivity contribution in [2.24, 2.45) is 9.98 Å². The Labute approximate surface area is 152 Å². The molecule has 3 aromatic rings. The molecular formula is C21H19N5. The highest BCUT2D eigenvalue weighted by Gasteiger charge is 2.08. The Morgan fingerprint density at radius 1 is 0.808 bits per heavy atom. The van der Waals surface area contributed by atoms with Crippen molar-refractivity contribution < 1.29 is 0 Å². The van der Waals surface area contributed by atoms with Gasteiger partial charge in [-0.15, -0.1) is 0 Å². The third-order valence-electron chi connectivity index (χ3n) is 3.85. The Balaban J connectivity index is 1.98. The summed E-state index contributed by atoms with van der Waals surface area (Å²) in [4.78, 5) is 21.4. The van der Waals surface area contributed by atoms with Gasteiger partial charge in [-0.3, -0.25) is 0 Å². The van der Waals surface area contributed by atoms with E-state index < -0.39 is 0 Å². The van der Waals surface area contributed by atoms with Crippen LogP contribution in [-0.2, 0) is 0 Å². The number of nitrogens with zero attached hydrogens (tertiary/aromatic N) is 5. The van der Waals surface area contributed by atoms with E-state index >= 15 is 0 Å². The number of aromatic nitrogens is 3. The number of rotatable bonds is 5. The summed E-state index contributed by atoms with van der Waals surface area (Å²) in [7, 11) is 0. The van der Waals surface area contributed by atoms with Gasteiger partial charge >= 0.3 is 0 Å². The fourth-order valence-electron chi connectivity index (χ4n) is 2.40. The maximum Gasteiger partial charge on any atom is 0.255 e. The molecule has 0 saturated carbocycles. The molecule has 0 amide bonds. The van der Waals surface area contributed by atoms with Gasteiger partial charge in [-0.1, -0.05) is 66.7 Å². The lowest BCUT2D eigenvalue weighted by molar-refractivity contribution is 1.04. The van der Waals surface area contributed by atoms with Crippen molar-refractivity contribution in [3.05, 3.63) is 72.3 Å². The largest absolute Gasteiger partial charge is 0.255 e. The summed E-state index contributed by atoms with van der Waals surface area (Å²) in [5, 5.41) is 0. The summed E-state index contributed by atoms with van der Waals surface area (Å²) in [6, 6.07) is 17.7. The van der Waals surface area contributed by atoms with Gasteiger partial charge in [0.1, 0.15) is 0 Å². The third kappa shape index (κ3) is 3.95. The second kappa shape index (κ2) is 7.61. The first-order valence-electron chi connectivity index (χ1n) is 8.16. The molecule has 5 heteroatoms. The molecular weight excluding hydrogens is 322 g/mol. The fourth-order valence-corrected chi connectivity index (χ4v) is 2.40. The molecule has 1 aromatic heterocycles. The molecule has 128 valence electrons. The number of hydrogen-bond acceptors (Lipinski definition) is 5. The van der Waals surface area contributed by atoms with E-state index in [4.69, 9.17) is 0 Å². The van der Waals surface area contributed by atoms with Crippen molar-refractivity contribution in [1.29, 1.82) is 0 Å². The maximum absolute atomic E-state index is 4.54. The van der Waals surface area contributed by atoms with Crippen LogP contribution in [-0.4, -0.2) is 27.4 Å². The molecule has 1 heterocycles. The van der Waals surface area contributed by atoms with Crippen LogP contribution in [0.2, 0.25) is 0 Å². The van der Waals surface area contributed by atoms with Gasteiger partial charge < -0.3 is 0 Å². The van der Waals surface area contributed by atoms with Crippen molar-refractivity contribution >= 4 is 29.9 Å². The lowest BCUT2D eigenvalue weighted by Crippen LogP contribution is -1.97. The third-order valence-corrected chi connectivity index (χ3v) is 3.85. The number of hydrogen-bond donors (Lipinski definition) is 0. The van der Waals surface area contributed by atoms with Gasteiger partial charge in [-0.05, 0) is 31.7 Å². The van der Waals surface area contributed by atoms with Crippen LogP contribution in [0.1, 0.15) is 25.0 Å². The molecule has 0 bridgehead atoms. The standard InChI is InChI=1S/C21H19N5/c1-14(2)16-10-12-17(13-11-16)15(3)23-21-25-19(24-20(22-4)26-21)18-8-6-5-7-9-18/h5-13H,1,4H2,2-3H3. The molecule has 0 spiro atoms. The molecule has 2 aromatic carbocycles. The fraction of sp³-hybridized carbons (Fsp3) is 0.0952. The topological polar surface area (TPSA) is 63.4 Å². The number of benzene rings is 2. The molecule has 0 atom stereocenters. The Morgan fingerprint density at radius 3 is 2.04 bits per heavy atom. The summed E-state index contributed by atoms with van der Waals surface area (Å²) in [5.41, 5.74) is 4.80. The normalized spacial score (nSPS) is 11.2. The zero-order valence-corrected chi connectivity index (χ0v) is 14.8. The Kier molecular flexibility index (Phi) is 5.08. The smallest absolute Gasteiger partial charge is 0.228 e. The second-order valence-corrected chi connectivity index (χ2v) is 5.84. The van der Waals surface area contributed by atoms with E-state index in [1.165, 1.54) is 0 Å². The zero-order valence-electron chi connectivity index (χ0n) is 14.8. The Bertz CT molecular complexity index is 973. The first-order valence-corrected chi connectivity index (χ1v) is 8.16. The van der Waals surface area contributed by atoms with Gasteiger partial charge in [0.25, 0.3) is 11.9 Å². The first-order chi connectivity index (χ1) is 12.6. The molecule has 0 saturated heterocycles. The summed E-state index contributed by atoms with van der Waals surface area (Å²) in [5.74, 6) is 1.08. The summed E-state index contributed by atoms with van der Waals surface area (Å²) >= 11 is 0. The van der Waals surface area contributed by atoms with E-state index in [1.807, 2.05) is 68.4 Å². The van der Waals surface area contributed by atoms with Gasteiger partial charge in [-0.25, -0.2) is 9.98 Å². The van der Waals surface area contributed by atoms with E-state index in [2.05, 4.69) is 38.2 Å².